The van der Waals surface area contributed by atoms with E-state index in [-0.39, 0.29) is 5.41 Å². The molecule has 25 heavy (non-hydrogen) atoms. The predicted molar refractivity (Wildman–Crippen MR) is 96.4 cm³/mol. The van der Waals surface area contributed by atoms with Crippen molar-refractivity contribution < 1.29 is 0 Å². The van der Waals surface area contributed by atoms with Gasteiger partial charge in [-0.25, -0.2) is 0 Å². The molecule has 0 saturated carbocycles. The van der Waals surface area contributed by atoms with E-state index in [0.717, 1.165) is 5.82 Å². The molecule has 0 unspecified atom stereocenters. The minimum Gasteiger partial charge on any atom is -0.367 e. The minimum atomic E-state index is -0.195. The average Bonchev–Trinajstić information content (AvgIpc) is 3.15. The van der Waals surface area contributed by atoms with Crippen LogP contribution in [0, 0.1) is 0 Å². The third kappa shape index (κ3) is 2.94. The smallest absolute Gasteiger partial charge is 0.200 e. The van der Waals surface area contributed by atoms with E-state index < -0.39 is 0 Å². The van der Waals surface area contributed by atoms with Crippen molar-refractivity contribution in [3.8, 4) is 0 Å². The van der Waals surface area contributed by atoms with E-state index in [1.54, 1.807) is 0 Å². The monoisotopic (exact) mass is 330 g/mol. The number of rotatable bonds is 5. The summed E-state index contributed by atoms with van der Waals surface area (Å²) in [6.45, 7) is 2.93. The van der Waals surface area contributed by atoms with E-state index in [1.807, 2.05) is 24.3 Å². The quantitative estimate of drug-likeness (QED) is 0.609. The van der Waals surface area contributed by atoms with Crippen LogP contribution in [0.2, 0.25) is 0 Å². The summed E-state index contributed by atoms with van der Waals surface area (Å²) >= 11 is 0. The first-order chi connectivity index (χ1) is 12.3. The molecule has 124 valence electrons. The third-order valence-electron chi connectivity index (χ3n) is 4.51. The maximum absolute atomic E-state index is 4.40. The lowest BCUT2D eigenvalue weighted by Gasteiger charge is -2.31. The Kier molecular flexibility index (Phi) is 3.85. The summed E-state index contributed by atoms with van der Waals surface area (Å²) < 4.78 is 1.42. The molecule has 2 aromatic carbocycles. The van der Waals surface area contributed by atoms with Crippen molar-refractivity contribution in [1.82, 2.24) is 25.3 Å². The standard InChI is InChI=1S/C19H18N6/c1-19(15-8-4-2-5-9-15,16-10-6-3-7-11-16)14-20-17-12-13-18-21-23-24-25(18)22-17/h2-13H,14H2,1H3,(H,20,22). The molecule has 6 nitrogen and oxygen atoms in total. The Labute approximate surface area is 145 Å². The first-order valence-electron chi connectivity index (χ1n) is 8.16. The minimum absolute atomic E-state index is 0.195. The predicted octanol–water partition coefficient (Wildman–Crippen LogP) is 2.94. The number of hydrogen-bond donors (Lipinski definition) is 1. The highest BCUT2D eigenvalue weighted by molar-refractivity contribution is 5.45. The molecule has 0 aliphatic heterocycles. The molecule has 0 atom stereocenters. The summed E-state index contributed by atoms with van der Waals surface area (Å²) in [5.74, 6) is 0.734. The summed E-state index contributed by atoms with van der Waals surface area (Å²) in [7, 11) is 0. The van der Waals surface area contributed by atoms with Crippen LogP contribution >= 0.6 is 0 Å². The van der Waals surface area contributed by atoms with Crippen LogP contribution in [0.15, 0.2) is 72.8 Å². The summed E-state index contributed by atoms with van der Waals surface area (Å²) in [6, 6.07) is 24.7. The van der Waals surface area contributed by atoms with Crippen molar-refractivity contribution in [1.29, 1.82) is 0 Å². The Morgan fingerprint density at radius 1 is 0.880 bits per heavy atom. The lowest BCUT2D eigenvalue weighted by atomic mass is 9.76. The molecule has 4 aromatic rings. The molecule has 0 spiro atoms. The van der Waals surface area contributed by atoms with Gasteiger partial charge in [0, 0.05) is 12.0 Å². The number of hydrogen-bond acceptors (Lipinski definition) is 5. The highest BCUT2D eigenvalue weighted by Crippen LogP contribution is 2.32. The van der Waals surface area contributed by atoms with Crippen molar-refractivity contribution in [2.45, 2.75) is 12.3 Å². The molecule has 0 bridgehead atoms. The summed E-state index contributed by atoms with van der Waals surface area (Å²) in [4.78, 5) is 0. The van der Waals surface area contributed by atoms with Crippen molar-refractivity contribution in [3.05, 3.63) is 83.9 Å². The number of benzene rings is 2. The lowest BCUT2D eigenvalue weighted by Crippen LogP contribution is -2.32. The normalized spacial score (nSPS) is 11.6. The first kappa shape index (κ1) is 15.3. The molecule has 2 aromatic heterocycles. The molecule has 0 radical (unpaired) electrons. The maximum atomic E-state index is 4.40. The molecule has 0 saturated heterocycles. The SMILES string of the molecule is CC(CNc1ccc2nnnn2n1)(c1ccccc1)c1ccccc1. The van der Waals surface area contributed by atoms with Gasteiger partial charge in [-0.2, -0.15) is 0 Å². The van der Waals surface area contributed by atoms with Gasteiger partial charge in [0.25, 0.3) is 0 Å². The molecule has 0 fully saturated rings. The molecule has 1 N–H and O–H groups in total. The van der Waals surface area contributed by atoms with Gasteiger partial charge in [0.1, 0.15) is 5.82 Å². The fourth-order valence-electron chi connectivity index (χ4n) is 2.99. The molecule has 4 rings (SSSR count). The van der Waals surface area contributed by atoms with Crippen LogP contribution in [-0.4, -0.2) is 31.8 Å². The molecule has 0 amide bonds. The second-order valence-electron chi connectivity index (χ2n) is 6.16. The van der Waals surface area contributed by atoms with Crippen molar-refractivity contribution >= 4 is 11.5 Å². The number of nitrogens with zero attached hydrogens (tertiary/aromatic N) is 5. The Morgan fingerprint density at radius 2 is 1.52 bits per heavy atom. The average molecular weight is 330 g/mol. The maximum Gasteiger partial charge on any atom is 0.200 e. The van der Waals surface area contributed by atoms with E-state index in [9.17, 15) is 0 Å². The Balaban J connectivity index is 1.66. The summed E-state index contributed by atoms with van der Waals surface area (Å²) in [5.41, 5.74) is 2.92. The fourth-order valence-corrected chi connectivity index (χ4v) is 2.99. The van der Waals surface area contributed by atoms with Crippen LogP contribution in [0.4, 0.5) is 5.82 Å². The van der Waals surface area contributed by atoms with Gasteiger partial charge >= 0.3 is 0 Å². The zero-order valence-corrected chi connectivity index (χ0v) is 13.9. The van der Waals surface area contributed by atoms with Gasteiger partial charge in [-0.15, -0.1) is 14.8 Å². The van der Waals surface area contributed by atoms with Crippen LogP contribution in [0.25, 0.3) is 5.65 Å². The number of tetrazole rings is 1. The van der Waals surface area contributed by atoms with E-state index in [1.165, 1.54) is 15.8 Å². The van der Waals surface area contributed by atoms with E-state index in [0.29, 0.717) is 12.2 Å². The van der Waals surface area contributed by atoms with Crippen LogP contribution in [0.1, 0.15) is 18.1 Å². The van der Waals surface area contributed by atoms with Gasteiger partial charge in [-0.3, -0.25) is 0 Å². The fraction of sp³-hybridized carbons (Fsp3) is 0.158. The molecule has 0 aliphatic carbocycles. The van der Waals surface area contributed by atoms with E-state index in [4.69, 9.17) is 0 Å². The van der Waals surface area contributed by atoms with Crippen LogP contribution in [0.5, 0.6) is 0 Å². The van der Waals surface area contributed by atoms with Crippen molar-refractivity contribution in [2.24, 2.45) is 0 Å². The van der Waals surface area contributed by atoms with Crippen molar-refractivity contribution in [2.75, 3.05) is 11.9 Å². The molecule has 6 heteroatoms. The highest BCUT2D eigenvalue weighted by Gasteiger charge is 2.28. The zero-order chi connectivity index (χ0) is 17.1. The first-order valence-corrected chi connectivity index (χ1v) is 8.16. The largest absolute Gasteiger partial charge is 0.367 e. The van der Waals surface area contributed by atoms with Crippen LogP contribution in [0.3, 0.4) is 0 Å². The second kappa shape index (κ2) is 6.32. The molecule has 0 aliphatic rings. The number of fused-ring (bicyclic) bond motifs is 1. The Bertz CT molecular complexity index is 925. The number of nitrogens with one attached hydrogen (secondary N) is 1. The Morgan fingerprint density at radius 3 is 2.16 bits per heavy atom. The Hall–Kier alpha value is -3.28. The third-order valence-corrected chi connectivity index (χ3v) is 4.51. The van der Waals surface area contributed by atoms with E-state index in [2.05, 4.69) is 81.4 Å². The zero-order valence-electron chi connectivity index (χ0n) is 13.9. The number of anilines is 1. The molecular formula is C19H18N6. The summed E-state index contributed by atoms with van der Waals surface area (Å²) in [6.07, 6.45) is 0. The highest BCUT2D eigenvalue weighted by atomic mass is 15.6. The molecule has 2 heterocycles. The van der Waals surface area contributed by atoms with Crippen LogP contribution in [-0.2, 0) is 5.41 Å². The van der Waals surface area contributed by atoms with Gasteiger partial charge < -0.3 is 5.32 Å². The van der Waals surface area contributed by atoms with Gasteiger partial charge in [-0.1, -0.05) is 60.7 Å². The van der Waals surface area contributed by atoms with Gasteiger partial charge in [0.15, 0.2) is 5.65 Å². The second-order valence-corrected chi connectivity index (χ2v) is 6.16. The van der Waals surface area contributed by atoms with E-state index >= 15 is 0 Å². The van der Waals surface area contributed by atoms with Gasteiger partial charge in [0.05, 0.1) is 0 Å². The number of aromatic nitrogens is 5. The van der Waals surface area contributed by atoms with Crippen LogP contribution < -0.4 is 5.32 Å². The lowest BCUT2D eigenvalue weighted by molar-refractivity contribution is 0.600. The van der Waals surface area contributed by atoms with Gasteiger partial charge in [0.2, 0.25) is 0 Å². The summed E-state index contributed by atoms with van der Waals surface area (Å²) in [5, 5.41) is 19.2. The van der Waals surface area contributed by atoms with Crippen molar-refractivity contribution in [3.63, 3.8) is 0 Å². The van der Waals surface area contributed by atoms with Gasteiger partial charge in [-0.05, 0) is 40.6 Å². The topological polar surface area (TPSA) is 68.0 Å². The molecular weight excluding hydrogens is 312 g/mol.